The highest BCUT2D eigenvalue weighted by Crippen LogP contribution is 2.37. The number of nitrogens with zero attached hydrogens (tertiary/aromatic N) is 1. The summed E-state index contributed by atoms with van der Waals surface area (Å²) in [6.07, 6.45) is 1.60. The Morgan fingerprint density at radius 3 is 2.42 bits per heavy atom. The molecule has 3 aromatic carbocycles. The lowest BCUT2D eigenvalue weighted by molar-refractivity contribution is -0.136. The average molecular weight is 464 g/mol. The van der Waals surface area contributed by atoms with Crippen LogP contribution in [0.3, 0.4) is 0 Å². The first kappa shape index (κ1) is 22.3. The maximum Gasteiger partial charge on any atom is 0.340 e. The predicted octanol–water partition coefficient (Wildman–Crippen LogP) is 6.15. The molecule has 0 radical (unpaired) electrons. The average Bonchev–Trinajstić information content (AvgIpc) is 3.05. The van der Waals surface area contributed by atoms with Crippen LogP contribution in [0.1, 0.15) is 12.5 Å². The van der Waals surface area contributed by atoms with Crippen molar-refractivity contribution in [2.24, 2.45) is 0 Å². The van der Waals surface area contributed by atoms with E-state index in [0.717, 1.165) is 0 Å². The summed E-state index contributed by atoms with van der Waals surface area (Å²) >= 11 is 5.91. The molecule has 1 aliphatic rings. The predicted molar refractivity (Wildman–Crippen MR) is 125 cm³/mol. The number of ether oxygens (including phenoxy) is 2. The van der Waals surface area contributed by atoms with Gasteiger partial charge in [-0.25, -0.2) is 9.18 Å². The van der Waals surface area contributed by atoms with Crippen molar-refractivity contribution in [1.82, 2.24) is 0 Å². The Balaban J connectivity index is 1.74. The zero-order valence-electron chi connectivity index (χ0n) is 17.8. The first-order chi connectivity index (χ1) is 15.9. The summed E-state index contributed by atoms with van der Waals surface area (Å²) in [6, 6.07) is 20.3. The summed E-state index contributed by atoms with van der Waals surface area (Å²) in [4.78, 5) is 27.2. The minimum Gasteiger partial charge on any atom is -0.465 e. The Hall–Kier alpha value is -3.90. The summed E-state index contributed by atoms with van der Waals surface area (Å²) in [7, 11) is 1.25. The second-order valence-electron chi connectivity index (χ2n) is 7.24. The number of hydrogen-bond acceptors (Lipinski definition) is 4. The number of amides is 1. The fraction of sp³-hybridized carbons (Fsp3) is 0.0769. The van der Waals surface area contributed by atoms with E-state index in [1.165, 1.54) is 30.2 Å². The van der Waals surface area contributed by atoms with Gasteiger partial charge in [0.05, 0.1) is 29.0 Å². The fourth-order valence-electron chi connectivity index (χ4n) is 3.57. The zero-order chi connectivity index (χ0) is 23.5. The van der Waals surface area contributed by atoms with Crippen LogP contribution < -0.4 is 9.64 Å². The van der Waals surface area contributed by atoms with Gasteiger partial charge in [0, 0.05) is 5.70 Å². The molecular weight excluding hydrogens is 445 g/mol. The molecule has 0 unspecified atom stereocenters. The highest BCUT2D eigenvalue weighted by Gasteiger charge is 2.38. The monoisotopic (exact) mass is 463 g/mol. The summed E-state index contributed by atoms with van der Waals surface area (Å²) in [6.45, 7) is 1.62. The number of carbonyl (C=O) groups is 2. The highest BCUT2D eigenvalue weighted by atomic mass is 35.5. The molecule has 3 aromatic rings. The molecule has 0 N–H and O–H groups in total. The Morgan fingerprint density at radius 2 is 1.73 bits per heavy atom. The van der Waals surface area contributed by atoms with Gasteiger partial charge in [-0.15, -0.1) is 0 Å². The van der Waals surface area contributed by atoms with Crippen molar-refractivity contribution in [3.63, 3.8) is 0 Å². The smallest absolute Gasteiger partial charge is 0.340 e. The van der Waals surface area contributed by atoms with Gasteiger partial charge >= 0.3 is 5.97 Å². The van der Waals surface area contributed by atoms with Crippen molar-refractivity contribution in [2.45, 2.75) is 6.92 Å². The second-order valence-corrected chi connectivity index (χ2v) is 7.64. The lowest BCUT2D eigenvalue weighted by atomic mass is 10.0. The van der Waals surface area contributed by atoms with Crippen LogP contribution in [0.4, 0.5) is 10.1 Å². The van der Waals surface area contributed by atoms with Crippen LogP contribution in [0.5, 0.6) is 11.5 Å². The molecule has 5 nitrogen and oxygen atoms in total. The molecule has 0 aromatic heterocycles. The lowest BCUT2D eigenvalue weighted by Gasteiger charge is -2.18. The Labute approximate surface area is 195 Å². The van der Waals surface area contributed by atoms with Crippen molar-refractivity contribution in [3.8, 4) is 11.5 Å². The van der Waals surface area contributed by atoms with Crippen molar-refractivity contribution < 1.29 is 23.5 Å². The lowest BCUT2D eigenvalue weighted by Crippen LogP contribution is -2.24. The first-order valence-electron chi connectivity index (χ1n) is 10.0. The SMILES string of the molecule is COC(=O)C1=C(C)N(c2ccc(F)c(Cl)c2)C(=O)/C1=C\c1cccc(Oc2ccccc2)c1. The number of hydrogen-bond donors (Lipinski definition) is 0. The van der Waals surface area contributed by atoms with E-state index in [4.69, 9.17) is 21.1 Å². The molecule has 0 saturated heterocycles. The number of anilines is 1. The molecule has 166 valence electrons. The third-order valence-electron chi connectivity index (χ3n) is 5.10. The number of esters is 1. The van der Waals surface area contributed by atoms with Gasteiger partial charge in [-0.2, -0.15) is 0 Å². The maximum atomic E-state index is 13.7. The molecule has 0 atom stereocenters. The number of allylic oxidation sites excluding steroid dienone is 1. The minimum atomic E-state index is -0.653. The molecule has 1 amide bonds. The normalized spacial score (nSPS) is 14.7. The molecular formula is C26H19ClFNO4. The first-order valence-corrected chi connectivity index (χ1v) is 10.4. The van der Waals surface area contributed by atoms with Crippen LogP contribution in [0.25, 0.3) is 6.08 Å². The van der Waals surface area contributed by atoms with Gasteiger partial charge in [0.1, 0.15) is 17.3 Å². The van der Waals surface area contributed by atoms with Gasteiger partial charge in [-0.3, -0.25) is 9.69 Å². The minimum absolute atomic E-state index is 0.123. The van der Waals surface area contributed by atoms with Crippen LogP contribution in [0.2, 0.25) is 5.02 Å². The molecule has 0 fully saturated rings. The number of halogens is 2. The molecule has 4 rings (SSSR count). The van der Waals surface area contributed by atoms with Gasteiger partial charge in [-0.05, 0) is 61.0 Å². The standard InChI is InChI=1S/C26H19ClFNO4/c1-16-24(26(31)32-2)21(25(30)29(16)18-11-12-23(28)22(27)15-18)14-17-7-6-10-20(13-17)33-19-8-4-3-5-9-19/h3-15H,1-2H3/b21-14-. The number of benzene rings is 3. The van der Waals surface area contributed by atoms with E-state index in [2.05, 4.69) is 0 Å². The van der Waals surface area contributed by atoms with Crippen LogP contribution in [0.15, 0.2) is 89.6 Å². The second kappa shape index (κ2) is 9.30. The summed E-state index contributed by atoms with van der Waals surface area (Å²) in [5.41, 5.74) is 1.63. The Bertz CT molecular complexity index is 1300. The van der Waals surface area contributed by atoms with E-state index in [1.54, 1.807) is 37.3 Å². The molecule has 0 bridgehead atoms. The fourth-order valence-corrected chi connectivity index (χ4v) is 3.75. The van der Waals surface area contributed by atoms with Gasteiger partial charge in [0.25, 0.3) is 5.91 Å². The van der Waals surface area contributed by atoms with Crippen LogP contribution in [-0.2, 0) is 14.3 Å². The van der Waals surface area contributed by atoms with Gasteiger partial charge in [0.15, 0.2) is 0 Å². The van der Waals surface area contributed by atoms with Crippen LogP contribution in [-0.4, -0.2) is 19.0 Å². The zero-order valence-corrected chi connectivity index (χ0v) is 18.6. The van der Waals surface area contributed by atoms with Crippen LogP contribution in [0, 0.1) is 5.82 Å². The van der Waals surface area contributed by atoms with Crippen molar-refractivity contribution in [3.05, 3.63) is 106 Å². The number of rotatable bonds is 5. The van der Waals surface area contributed by atoms with E-state index in [9.17, 15) is 14.0 Å². The third-order valence-corrected chi connectivity index (χ3v) is 5.39. The molecule has 7 heteroatoms. The third kappa shape index (κ3) is 4.52. The molecule has 1 aliphatic heterocycles. The number of methoxy groups -OCH3 is 1. The molecule has 0 saturated carbocycles. The largest absolute Gasteiger partial charge is 0.465 e. The van der Waals surface area contributed by atoms with E-state index >= 15 is 0 Å². The Kier molecular flexibility index (Phi) is 6.29. The van der Waals surface area contributed by atoms with Crippen LogP contribution >= 0.6 is 11.6 Å². The van der Waals surface area contributed by atoms with E-state index in [-0.39, 0.29) is 16.2 Å². The maximum absolute atomic E-state index is 13.7. The summed E-state index contributed by atoms with van der Waals surface area (Å²) < 4.78 is 24.4. The molecule has 0 aliphatic carbocycles. The number of carbonyl (C=O) groups excluding carboxylic acids is 2. The van der Waals surface area contributed by atoms with Gasteiger partial charge in [-0.1, -0.05) is 41.9 Å². The van der Waals surface area contributed by atoms with Crippen molar-refractivity contribution >= 4 is 35.2 Å². The van der Waals surface area contributed by atoms with Crippen molar-refractivity contribution in [2.75, 3.05) is 12.0 Å². The summed E-state index contributed by atoms with van der Waals surface area (Å²) in [5, 5.41) is -0.129. The molecule has 1 heterocycles. The van der Waals surface area contributed by atoms with E-state index < -0.39 is 17.7 Å². The van der Waals surface area contributed by atoms with Crippen molar-refractivity contribution in [1.29, 1.82) is 0 Å². The van der Waals surface area contributed by atoms with Gasteiger partial charge < -0.3 is 9.47 Å². The molecule has 33 heavy (non-hydrogen) atoms. The van der Waals surface area contributed by atoms with Gasteiger partial charge in [0.2, 0.25) is 0 Å². The highest BCUT2D eigenvalue weighted by molar-refractivity contribution is 6.31. The van der Waals surface area contributed by atoms with E-state index in [1.807, 2.05) is 30.3 Å². The topological polar surface area (TPSA) is 55.8 Å². The number of para-hydroxylation sites is 1. The Morgan fingerprint density at radius 1 is 1.00 bits per heavy atom. The quantitative estimate of drug-likeness (QED) is 0.336. The summed E-state index contributed by atoms with van der Waals surface area (Å²) in [5.74, 6) is -0.467. The van der Waals surface area contributed by atoms with E-state index in [0.29, 0.717) is 28.4 Å². The molecule has 0 spiro atoms.